The molecular weight excluding hydrogens is 378 g/mol. The van der Waals surface area contributed by atoms with Crippen LogP contribution < -0.4 is 10.2 Å². The number of amides is 3. The fraction of sp³-hybridized carbons (Fsp3) is 0.435. The second-order valence-electron chi connectivity index (χ2n) is 9.20. The topological polar surface area (TPSA) is 68.8 Å². The SMILES string of the molecule is CC(C)CN1CCC2(C1)CN(C(=O)N1c3ccccc3NC(=O)c3cccnc31)C2. The lowest BCUT2D eigenvalue weighted by Gasteiger charge is -2.49. The van der Waals surface area contributed by atoms with Crippen LogP contribution in [0.4, 0.5) is 22.0 Å². The zero-order valence-electron chi connectivity index (χ0n) is 17.5. The number of hydrogen-bond acceptors (Lipinski definition) is 4. The third-order valence-corrected chi connectivity index (χ3v) is 6.29. The molecule has 1 N–H and O–H groups in total. The van der Waals surface area contributed by atoms with Gasteiger partial charge in [0.15, 0.2) is 5.82 Å². The van der Waals surface area contributed by atoms with Crippen molar-refractivity contribution in [1.82, 2.24) is 14.8 Å². The molecule has 0 radical (unpaired) electrons. The number of anilines is 3. The largest absolute Gasteiger partial charge is 0.330 e. The summed E-state index contributed by atoms with van der Waals surface area (Å²) in [6.07, 6.45) is 2.76. The van der Waals surface area contributed by atoms with Crippen LogP contribution in [-0.2, 0) is 0 Å². The van der Waals surface area contributed by atoms with Crippen molar-refractivity contribution in [1.29, 1.82) is 0 Å². The van der Waals surface area contributed by atoms with E-state index in [1.807, 2.05) is 29.2 Å². The Hall–Kier alpha value is -2.93. The number of nitrogens with one attached hydrogen (secondary N) is 1. The molecule has 2 aromatic rings. The van der Waals surface area contributed by atoms with Gasteiger partial charge in [-0.1, -0.05) is 26.0 Å². The maximum absolute atomic E-state index is 13.6. The minimum atomic E-state index is -0.249. The number of fused-ring (bicyclic) bond motifs is 2. The molecule has 3 amide bonds. The lowest BCUT2D eigenvalue weighted by molar-refractivity contribution is 0.0415. The van der Waals surface area contributed by atoms with E-state index in [0.29, 0.717) is 28.7 Å². The Bertz CT molecular complexity index is 999. The average molecular weight is 406 g/mol. The molecule has 0 aliphatic carbocycles. The standard InChI is InChI=1S/C23H27N5O2/c1-16(2)12-26-11-9-23(13-26)14-27(15-23)22(30)28-19-8-4-3-7-18(19)25-21(29)17-6-5-10-24-20(17)28/h3-8,10,16H,9,11-15H2,1-2H3,(H,25,29). The van der Waals surface area contributed by atoms with E-state index in [1.165, 1.54) is 0 Å². The first kappa shape index (κ1) is 19.1. The summed E-state index contributed by atoms with van der Waals surface area (Å²) in [5.41, 5.74) is 1.88. The van der Waals surface area contributed by atoms with Crippen molar-refractivity contribution in [2.75, 3.05) is 42.9 Å². The Morgan fingerprint density at radius 2 is 1.97 bits per heavy atom. The molecule has 2 saturated heterocycles. The molecule has 3 aliphatic heterocycles. The van der Waals surface area contributed by atoms with Gasteiger partial charge in [-0.3, -0.25) is 4.79 Å². The molecule has 156 valence electrons. The van der Waals surface area contributed by atoms with Gasteiger partial charge in [-0.15, -0.1) is 0 Å². The predicted molar refractivity (Wildman–Crippen MR) is 116 cm³/mol. The number of likely N-dealkylation sites (tertiary alicyclic amines) is 2. The predicted octanol–water partition coefficient (Wildman–Crippen LogP) is 3.57. The van der Waals surface area contributed by atoms with Crippen LogP contribution in [0, 0.1) is 11.3 Å². The second-order valence-corrected chi connectivity index (χ2v) is 9.20. The van der Waals surface area contributed by atoms with Crippen molar-refractivity contribution in [3.05, 3.63) is 48.2 Å². The molecule has 3 aliphatic rings. The van der Waals surface area contributed by atoms with Gasteiger partial charge >= 0.3 is 6.03 Å². The van der Waals surface area contributed by atoms with E-state index < -0.39 is 0 Å². The molecule has 7 nitrogen and oxygen atoms in total. The van der Waals surface area contributed by atoms with Crippen LogP contribution in [0.15, 0.2) is 42.6 Å². The first-order valence-corrected chi connectivity index (χ1v) is 10.6. The quantitative estimate of drug-likeness (QED) is 0.829. The van der Waals surface area contributed by atoms with Gasteiger partial charge in [-0.2, -0.15) is 0 Å². The summed E-state index contributed by atoms with van der Waals surface area (Å²) in [5.74, 6) is 0.791. The Morgan fingerprint density at radius 3 is 2.77 bits per heavy atom. The Morgan fingerprint density at radius 1 is 1.17 bits per heavy atom. The van der Waals surface area contributed by atoms with Gasteiger partial charge in [-0.25, -0.2) is 14.7 Å². The van der Waals surface area contributed by atoms with E-state index in [9.17, 15) is 9.59 Å². The normalized spacial score (nSPS) is 19.9. The zero-order valence-corrected chi connectivity index (χ0v) is 17.5. The van der Waals surface area contributed by atoms with Gasteiger partial charge in [0.2, 0.25) is 0 Å². The molecule has 0 bridgehead atoms. The number of benzene rings is 1. The summed E-state index contributed by atoms with van der Waals surface area (Å²) in [6.45, 7) is 9.28. The van der Waals surface area contributed by atoms with Crippen molar-refractivity contribution in [3.8, 4) is 0 Å². The number of pyridine rings is 1. The number of carbonyl (C=O) groups excluding carboxylic acids is 2. The van der Waals surface area contributed by atoms with E-state index in [2.05, 4.69) is 29.0 Å². The van der Waals surface area contributed by atoms with Crippen LogP contribution in [0.5, 0.6) is 0 Å². The van der Waals surface area contributed by atoms with E-state index >= 15 is 0 Å². The zero-order chi connectivity index (χ0) is 20.9. The highest BCUT2D eigenvalue weighted by Crippen LogP contribution is 2.43. The van der Waals surface area contributed by atoms with E-state index in [1.54, 1.807) is 23.2 Å². The van der Waals surface area contributed by atoms with E-state index in [0.717, 1.165) is 39.1 Å². The minimum absolute atomic E-state index is 0.119. The van der Waals surface area contributed by atoms with Gasteiger partial charge in [0.05, 0.1) is 16.9 Å². The van der Waals surface area contributed by atoms with Gasteiger partial charge in [0.1, 0.15) is 0 Å². The molecule has 7 heteroatoms. The summed E-state index contributed by atoms with van der Waals surface area (Å²) in [4.78, 5) is 36.8. The fourth-order valence-electron chi connectivity index (χ4n) is 5.02. The molecule has 1 spiro atoms. The minimum Gasteiger partial charge on any atom is -0.323 e. The maximum atomic E-state index is 13.6. The second kappa shape index (κ2) is 7.09. The highest BCUT2D eigenvalue weighted by Gasteiger charge is 2.50. The molecule has 30 heavy (non-hydrogen) atoms. The van der Waals surface area contributed by atoms with Crippen LogP contribution >= 0.6 is 0 Å². The van der Waals surface area contributed by atoms with Crippen molar-refractivity contribution >= 4 is 29.1 Å². The molecule has 1 aromatic heterocycles. The molecule has 5 rings (SSSR count). The molecule has 0 saturated carbocycles. The first-order valence-electron chi connectivity index (χ1n) is 10.6. The molecule has 2 fully saturated rings. The number of rotatable bonds is 2. The first-order chi connectivity index (χ1) is 14.5. The summed E-state index contributed by atoms with van der Waals surface area (Å²) >= 11 is 0. The number of carbonyl (C=O) groups is 2. The van der Waals surface area contributed by atoms with Crippen LogP contribution in [0.2, 0.25) is 0 Å². The van der Waals surface area contributed by atoms with Crippen LogP contribution in [0.25, 0.3) is 0 Å². The third-order valence-electron chi connectivity index (χ3n) is 6.29. The Labute approximate surface area is 176 Å². The van der Waals surface area contributed by atoms with Gasteiger partial charge in [0, 0.05) is 37.8 Å². The lowest BCUT2D eigenvalue weighted by Crippen LogP contribution is -2.62. The molecule has 1 aromatic carbocycles. The number of para-hydroxylation sites is 2. The molecule has 4 heterocycles. The molecule has 0 unspecified atom stereocenters. The van der Waals surface area contributed by atoms with E-state index in [-0.39, 0.29) is 17.4 Å². The highest BCUT2D eigenvalue weighted by molar-refractivity contribution is 6.16. The van der Waals surface area contributed by atoms with Crippen LogP contribution in [0.1, 0.15) is 30.6 Å². The summed E-state index contributed by atoms with van der Waals surface area (Å²) in [6, 6.07) is 10.7. The van der Waals surface area contributed by atoms with Crippen LogP contribution in [0.3, 0.4) is 0 Å². The number of urea groups is 1. The van der Waals surface area contributed by atoms with Gasteiger partial charge < -0.3 is 15.1 Å². The maximum Gasteiger partial charge on any atom is 0.330 e. The monoisotopic (exact) mass is 405 g/mol. The summed E-state index contributed by atoms with van der Waals surface area (Å²) < 4.78 is 0. The number of aromatic nitrogens is 1. The summed E-state index contributed by atoms with van der Waals surface area (Å²) in [7, 11) is 0. The number of nitrogens with zero attached hydrogens (tertiary/aromatic N) is 4. The van der Waals surface area contributed by atoms with Gasteiger partial charge in [-0.05, 0) is 43.1 Å². The Balaban J connectivity index is 1.42. The lowest BCUT2D eigenvalue weighted by atomic mass is 9.79. The highest BCUT2D eigenvalue weighted by atomic mass is 16.2. The van der Waals surface area contributed by atoms with Crippen molar-refractivity contribution < 1.29 is 9.59 Å². The fourth-order valence-corrected chi connectivity index (χ4v) is 5.02. The third kappa shape index (κ3) is 3.13. The average Bonchev–Trinajstić information content (AvgIpc) is 3.06. The van der Waals surface area contributed by atoms with Crippen LogP contribution in [-0.4, -0.2) is 59.4 Å². The van der Waals surface area contributed by atoms with Gasteiger partial charge in [0.25, 0.3) is 5.91 Å². The number of hydrogen-bond donors (Lipinski definition) is 1. The van der Waals surface area contributed by atoms with Crippen molar-refractivity contribution in [3.63, 3.8) is 0 Å². The Kier molecular flexibility index (Phi) is 4.50. The smallest absolute Gasteiger partial charge is 0.323 e. The molecular formula is C23H27N5O2. The summed E-state index contributed by atoms with van der Waals surface area (Å²) in [5, 5.41) is 2.91. The van der Waals surface area contributed by atoms with E-state index in [4.69, 9.17) is 0 Å². The molecule has 0 atom stereocenters. The van der Waals surface area contributed by atoms with Crippen molar-refractivity contribution in [2.24, 2.45) is 11.3 Å². The van der Waals surface area contributed by atoms with Crippen molar-refractivity contribution in [2.45, 2.75) is 20.3 Å².